The molecule has 4 atom stereocenters. The van der Waals surface area contributed by atoms with E-state index in [9.17, 15) is 14.7 Å². The van der Waals surface area contributed by atoms with Crippen LogP contribution in [0.4, 0.5) is 4.79 Å². The lowest BCUT2D eigenvalue weighted by Gasteiger charge is -2.35. The number of halogens is 1. The van der Waals surface area contributed by atoms with Gasteiger partial charge in [0.15, 0.2) is 0 Å². The standard InChI is InChI=1S/C27H35ClN2O5/c1-16(2)35-26(33)30-23(17-10-8-7-9-11-17)22(21(27(3,4)5)24(30)25(31)32)29-15-18-12-13-19(28)14-20(18)34-6/h7-14,16,21-24,29H,15H2,1-6H3,(H,31,32). The van der Waals surface area contributed by atoms with Crippen molar-refractivity contribution in [1.29, 1.82) is 0 Å². The number of aliphatic carboxylic acids is 1. The van der Waals surface area contributed by atoms with E-state index in [1.807, 2.05) is 57.2 Å². The highest BCUT2D eigenvalue weighted by Gasteiger charge is 2.58. The van der Waals surface area contributed by atoms with Crippen LogP contribution < -0.4 is 10.1 Å². The second-order valence-electron chi connectivity index (χ2n) is 10.2. The molecule has 0 saturated carbocycles. The Morgan fingerprint density at radius 3 is 2.34 bits per heavy atom. The second kappa shape index (κ2) is 10.9. The van der Waals surface area contributed by atoms with E-state index in [4.69, 9.17) is 21.1 Å². The molecular weight excluding hydrogens is 468 g/mol. The summed E-state index contributed by atoms with van der Waals surface area (Å²) in [5.74, 6) is -0.833. The lowest BCUT2D eigenvalue weighted by molar-refractivity contribution is -0.144. The third-order valence-electron chi connectivity index (χ3n) is 6.39. The van der Waals surface area contributed by atoms with E-state index in [-0.39, 0.29) is 12.1 Å². The van der Waals surface area contributed by atoms with Crippen LogP contribution in [0.15, 0.2) is 48.5 Å². The molecule has 190 valence electrons. The number of methoxy groups -OCH3 is 1. The van der Waals surface area contributed by atoms with Crippen molar-refractivity contribution in [2.24, 2.45) is 11.3 Å². The normalized spacial score (nSPS) is 22.3. The van der Waals surface area contributed by atoms with Crippen molar-refractivity contribution in [1.82, 2.24) is 10.2 Å². The summed E-state index contributed by atoms with van der Waals surface area (Å²) in [6.07, 6.45) is -1.02. The van der Waals surface area contributed by atoms with Crippen molar-refractivity contribution in [3.8, 4) is 5.75 Å². The van der Waals surface area contributed by atoms with Crippen molar-refractivity contribution in [3.63, 3.8) is 0 Å². The number of nitrogens with zero attached hydrogens (tertiary/aromatic N) is 1. The van der Waals surface area contributed by atoms with Gasteiger partial charge in [-0.15, -0.1) is 0 Å². The molecule has 1 heterocycles. The van der Waals surface area contributed by atoms with Crippen LogP contribution >= 0.6 is 11.6 Å². The number of carboxylic acid groups (broad SMARTS) is 1. The number of hydrogen-bond donors (Lipinski definition) is 2. The summed E-state index contributed by atoms with van der Waals surface area (Å²) in [4.78, 5) is 27.5. The van der Waals surface area contributed by atoms with Gasteiger partial charge in [0.2, 0.25) is 0 Å². The van der Waals surface area contributed by atoms with E-state index in [1.165, 1.54) is 4.90 Å². The molecule has 4 unspecified atom stereocenters. The monoisotopic (exact) mass is 502 g/mol. The smallest absolute Gasteiger partial charge is 0.411 e. The third kappa shape index (κ3) is 5.90. The average Bonchev–Trinajstić information content (AvgIpc) is 3.14. The third-order valence-corrected chi connectivity index (χ3v) is 6.62. The molecule has 7 nitrogen and oxygen atoms in total. The van der Waals surface area contributed by atoms with Crippen molar-refractivity contribution >= 4 is 23.7 Å². The van der Waals surface area contributed by atoms with Gasteiger partial charge in [-0.1, -0.05) is 68.8 Å². The number of amides is 1. The molecule has 0 aliphatic carbocycles. The average molecular weight is 503 g/mol. The number of rotatable bonds is 7. The summed E-state index contributed by atoms with van der Waals surface area (Å²) < 4.78 is 11.1. The van der Waals surface area contributed by atoms with E-state index in [1.54, 1.807) is 33.1 Å². The van der Waals surface area contributed by atoms with Crippen molar-refractivity contribution in [2.75, 3.05) is 7.11 Å². The molecule has 8 heteroatoms. The molecule has 0 spiro atoms. The SMILES string of the molecule is COc1cc(Cl)ccc1CNC1C(c2ccccc2)N(C(=O)OC(C)C)C(C(=O)O)C1C(C)(C)C. The first-order valence-electron chi connectivity index (χ1n) is 11.8. The topological polar surface area (TPSA) is 88.1 Å². The van der Waals surface area contributed by atoms with Gasteiger partial charge >= 0.3 is 12.1 Å². The van der Waals surface area contributed by atoms with Crippen molar-refractivity contribution < 1.29 is 24.2 Å². The van der Waals surface area contributed by atoms with Crippen LogP contribution in [0.3, 0.4) is 0 Å². The van der Waals surface area contributed by atoms with E-state index >= 15 is 0 Å². The Morgan fingerprint density at radius 2 is 1.80 bits per heavy atom. The Hall–Kier alpha value is -2.77. The summed E-state index contributed by atoms with van der Waals surface area (Å²) in [6.45, 7) is 9.93. The molecule has 2 aromatic rings. The fourth-order valence-electron chi connectivity index (χ4n) is 5.04. The van der Waals surface area contributed by atoms with Crippen LogP contribution in [0.25, 0.3) is 0 Å². The summed E-state index contributed by atoms with van der Waals surface area (Å²) in [5, 5.41) is 14.5. The van der Waals surface area contributed by atoms with Crippen LogP contribution in [0.5, 0.6) is 5.75 Å². The maximum absolute atomic E-state index is 13.4. The highest BCUT2D eigenvalue weighted by Crippen LogP contribution is 2.48. The molecule has 2 N–H and O–H groups in total. The summed E-state index contributed by atoms with van der Waals surface area (Å²) in [7, 11) is 1.58. The van der Waals surface area contributed by atoms with Crippen LogP contribution in [-0.2, 0) is 16.1 Å². The Labute approximate surface area is 212 Å². The summed E-state index contributed by atoms with van der Waals surface area (Å²) in [5.41, 5.74) is 1.28. The number of hydrogen-bond acceptors (Lipinski definition) is 5. The van der Waals surface area contributed by atoms with Crippen molar-refractivity contribution in [3.05, 3.63) is 64.7 Å². The second-order valence-corrected chi connectivity index (χ2v) is 10.7. The zero-order valence-electron chi connectivity index (χ0n) is 21.1. The number of carboxylic acids is 1. The van der Waals surface area contributed by atoms with E-state index in [0.29, 0.717) is 17.3 Å². The zero-order valence-corrected chi connectivity index (χ0v) is 21.9. The Kier molecular flexibility index (Phi) is 8.34. The number of likely N-dealkylation sites (tertiary alicyclic amines) is 1. The quantitative estimate of drug-likeness (QED) is 0.518. The lowest BCUT2D eigenvalue weighted by Crippen LogP contribution is -2.48. The first-order valence-corrected chi connectivity index (χ1v) is 12.2. The molecule has 1 aliphatic heterocycles. The van der Waals surface area contributed by atoms with Gasteiger partial charge in [0.05, 0.1) is 19.3 Å². The van der Waals surface area contributed by atoms with Gasteiger partial charge in [0, 0.05) is 29.1 Å². The minimum absolute atomic E-state index is 0.376. The molecule has 1 aliphatic rings. The van der Waals surface area contributed by atoms with Crippen LogP contribution in [0, 0.1) is 11.3 Å². The van der Waals surface area contributed by atoms with E-state index in [0.717, 1.165) is 11.1 Å². The fraction of sp³-hybridized carbons (Fsp3) is 0.481. The van der Waals surface area contributed by atoms with Gasteiger partial charge in [-0.2, -0.15) is 0 Å². The summed E-state index contributed by atoms with van der Waals surface area (Å²) in [6, 6.07) is 12.9. The highest BCUT2D eigenvalue weighted by atomic mass is 35.5. The van der Waals surface area contributed by atoms with E-state index in [2.05, 4.69) is 5.32 Å². The molecule has 1 saturated heterocycles. The highest BCUT2D eigenvalue weighted by molar-refractivity contribution is 6.30. The van der Waals surface area contributed by atoms with Gasteiger partial charge < -0.3 is 19.9 Å². The zero-order chi connectivity index (χ0) is 25.9. The predicted molar refractivity (Wildman–Crippen MR) is 136 cm³/mol. The number of carbonyl (C=O) groups is 2. The Morgan fingerprint density at radius 1 is 1.14 bits per heavy atom. The fourth-order valence-corrected chi connectivity index (χ4v) is 5.20. The van der Waals surface area contributed by atoms with Gasteiger partial charge in [0.25, 0.3) is 0 Å². The van der Waals surface area contributed by atoms with Gasteiger partial charge in [-0.25, -0.2) is 9.59 Å². The largest absolute Gasteiger partial charge is 0.496 e. The molecule has 0 bridgehead atoms. The number of ether oxygens (including phenoxy) is 2. The van der Waals surface area contributed by atoms with Gasteiger partial charge in [-0.05, 0) is 37.0 Å². The van der Waals surface area contributed by atoms with Gasteiger partial charge in [0.1, 0.15) is 11.8 Å². The van der Waals surface area contributed by atoms with E-state index < -0.39 is 35.5 Å². The van der Waals surface area contributed by atoms with Crippen LogP contribution in [0.2, 0.25) is 5.02 Å². The molecule has 35 heavy (non-hydrogen) atoms. The Balaban J connectivity index is 2.12. The molecule has 2 aromatic carbocycles. The summed E-state index contributed by atoms with van der Waals surface area (Å²) >= 11 is 6.13. The molecule has 1 fully saturated rings. The number of benzene rings is 2. The maximum atomic E-state index is 13.4. The molecule has 0 radical (unpaired) electrons. The minimum atomic E-state index is -1.07. The lowest BCUT2D eigenvalue weighted by atomic mass is 9.72. The number of nitrogens with one attached hydrogen (secondary N) is 1. The predicted octanol–water partition coefficient (Wildman–Crippen LogP) is 5.52. The first kappa shape index (κ1) is 26.8. The van der Waals surface area contributed by atoms with Gasteiger partial charge in [-0.3, -0.25) is 4.90 Å². The first-order chi connectivity index (χ1) is 16.5. The maximum Gasteiger partial charge on any atom is 0.411 e. The molecule has 1 amide bonds. The Bertz CT molecular complexity index is 1040. The molecular formula is C27H35ClN2O5. The minimum Gasteiger partial charge on any atom is -0.496 e. The van der Waals surface area contributed by atoms with Crippen molar-refractivity contribution in [2.45, 2.75) is 65.4 Å². The van der Waals surface area contributed by atoms with Crippen LogP contribution in [0.1, 0.15) is 51.8 Å². The molecule has 0 aromatic heterocycles. The molecule has 3 rings (SSSR count). The number of carbonyl (C=O) groups excluding carboxylic acids is 1. The van der Waals surface area contributed by atoms with Crippen LogP contribution in [-0.4, -0.2) is 47.4 Å².